The summed E-state index contributed by atoms with van der Waals surface area (Å²) in [4.78, 5) is 32.7. The summed E-state index contributed by atoms with van der Waals surface area (Å²) in [6.07, 6.45) is 0.628. The second kappa shape index (κ2) is 12.5. The predicted octanol–water partition coefficient (Wildman–Crippen LogP) is 5.37. The zero-order valence-electron chi connectivity index (χ0n) is 24.4. The van der Waals surface area contributed by atoms with Gasteiger partial charge in [-0.15, -0.1) is 0 Å². The minimum Gasteiger partial charge on any atom is -0.381 e. The molecule has 4 fully saturated rings. The summed E-state index contributed by atoms with van der Waals surface area (Å²) >= 11 is 0. The molecule has 10 heteroatoms. The van der Waals surface area contributed by atoms with E-state index in [1.165, 1.54) is 0 Å². The number of ether oxygens (including phenoxy) is 1. The maximum atomic E-state index is 13.7. The first-order valence-corrected chi connectivity index (χ1v) is 15.4. The lowest BCUT2D eigenvalue weighted by Gasteiger charge is -2.39. The Morgan fingerprint density at radius 3 is 2.54 bits per heavy atom. The van der Waals surface area contributed by atoms with Crippen molar-refractivity contribution in [1.29, 1.82) is 0 Å². The van der Waals surface area contributed by atoms with Crippen LogP contribution in [-0.4, -0.2) is 89.8 Å². The summed E-state index contributed by atoms with van der Waals surface area (Å²) in [6.45, 7) is 8.94. The molecule has 228 valence electrons. The highest BCUT2D eigenvalue weighted by Gasteiger charge is 2.58. The summed E-state index contributed by atoms with van der Waals surface area (Å²) in [6, 6.07) is 9.38. The Kier molecular flexibility index (Phi) is 9.19. The number of carbonyl (C=O) groups excluding carboxylic acids is 2. The molecule has 7 nitrogen and oxygen atoms in total. The van der Waals surface area contributed by atoms with Crippen molar-refractivity contribution in [2.45, 2.75) is 95.1 Å². The van der Waals surface area contributed by atoms with Gasteiger partial charge in [0.1, 0.15) is 6.42 Å². The smallest absolute Gasteiger partial charge is 0.381 e. The number of hydrogen-bond donors (Lipinski definition) is 1. The number of piperidine rings is 1. The predicted molar refractivity (Wildman–Crippen MR) is 150 cm³/mol. The molecule has 1 spiro atoms. The maximum Gasteiger partial charge on any atom is 0.397 e. The molecule has 1 N–H and O–H groups in total. The van der Waals surface area contributed by atoms with Gasteiger partial charge >= 0.3 is 12.2 Å². The highest BCUT2D eigenvalue weighted by molar-refractivity contribution is 5.79. The lowest BCUT2D eigenvalue weighted by atomic mass is 9.90. The molecule has 4 atom stereocenters. The normalized spacial score (nSPS) is 28.5. The number of likely N-dealkylation sites (tertiary alicyclic amines) is 1. The van der Waals surface area contributed by atoms with Crippen molar-refractivity contribution in [3.05, 3.63) is 35.9 Å². The van der Waals surface area contributed by atoms with E-state index in [4.69, 9.17) is 4.74 Å². The van der Waals surface area contributed by atoms with Gasteiger partial charge in [0, 0.05) is 44.9 Å². The first-order valence-electron chi connectivity index (χ1n) is 15.4. The van der Waals surface area contributed by atoms with Gasteiger partial charge in [0.05, 0.1) is 11.6 Å². The minimum absolute atomic E-state index is 0.113. The summed E-state index contributed by atoms with van der Waals surface area (Å²) < 4.78 is 44.2. The molecule has 1 aromatic rings. The van der Waals surface area contributed by atoms with Gasteiger partial charge < -0.3 is 19.9 Å². The first-order chi connectivity index (χ1) is 19.5. The SMILES string of the molecule is CC(C)N1C(=O)N(CC2CCOCC2)CC12CC1CCCN(CC[C@H](NC(=O)CC(F)(F)F)c3ccccc3)C1C2. The fourth-order valence-corrected chi connectivity index (χ4v) is 8.05. The molecule has 1 aliphatic carbocycles. The summed E-state index contributed by atoms with van der Waals surface area (Å²) in [7, 11) is 0. The number of benzene rings is 1. The molecule has 4 aliphatic rings. The second-order valence-electron chi connectivity index (χ2n) is 12.9. The highest BCUT2D eigenvalue weighted by Crippen LogP contribution is 2.49. The highest BCUT2D eigenvalue weighted by atomic mass is 19.4. The van der Waals surface area contributed by atoms with Crippen LogP contribution in [0.25, 0.3) is 0 Å². The number of hydrogen-bond acceptors (Lipinski definition) is 4. The molecule has 0 aromatic heterocycles. The average Bonchev–Trinajstić information content (AvgIpc) is 3.42. The quantitative estimate of drug-likeness (QED) is 0.428. The Bertz CT molecular complexity index is 1050. The Hall–Kier alpha value is -2.33. The van der Waals surface area contributed by atoms with E-state index in [1.54, 1.807) is 0 Å². The van der Waals surface area contributed by atoms with Gasteiger partial charge in [-0.3, -0.25) is 9.69 Å². The summed E-state index contributed by atoms with van der Waals surface area (Å²) in [5, 5.41) is 2.66. The number of rotatable bonds is 9. The van der Waals surface area contributed by atoms with Crippen molar-refractivity contribution >= 4 is 11.9 Å². The number of carbonyl (C=O) groups is 2. The van der Waals surface area contributed by atoms with Crippen LogP contribution in [-0.2, 0) is 9.53 Å². The van der Waals surface area contributed by atoms with Crippen LogP contribution < -0.4 is 5.32 Å². The van der Waals surface area contributed by atoms with Crippen LogP contribution in [0.5, 0.6) is 0 Å². The summed E-state index contributed by atoms with van der Waals surface area (Å²) in [5.41, 5.74) is 0.629. The lowest BCUT2D eigenvalue weighted by molar-refractivity contribution is -0.154. The molecule has 1 saturated carbocycles. The molecule has 1 aromatic carbocycles. The number of nitrogens with one attached hydrogen (secondary N) is 1. The molecule has 0 bridgehead atoms. The van der Waals surface area contributed by atoms with E-state index in [2.05, 4.69) is 33.9 Å². The average molecular weight is 579 g/mol. The molecule has 3 aliphatic heterocycles. The zero-order chi connectivity index (χ0) is 29.2. The van der Waals surface area contributed by atoms with Crippen LogP contribution in [0.3, 0.4) is 0 Å². The Morgan fingerprint density at radius 2 is 1.85 bits per heavy atom. The van der Waals surface area contributed by atoms with Gasteiger partial charge in [-0.25, -0.2) is 4.79 Å². The molecular weight excluding hydrogens is 533 g/mol. The van der Waals surface area contributed by atoms with E-state index in [0.29, 0.717) is 30.8 Å². The van der Waals surface area contributed by atoms with Gasteiger partial charge in [0.25, 0.3) is 0 Å². The Labute approximate surface area is 241 Å². The Balaban J connectivity index is 1.28. The number of amides is 3. The largest absolute Gasteiger partial charge is 0.397 e. The third kappa shape index (κ3) is 7.01. The topological polar surface area (TPSA) is 65.1 Å². The van der Waals surface area contributed by atoms with Crippen LogP contribution in [0.4, 0.5) is 18.0 Å². The van der Waals surface area contributed by atoms with Crippen LogP contribution in [0.1, 0.15) is 76.8 Å². The number of alkyl halides is 3. The van der Waals surface area contributed by atoms with Crippen molar-refractivity contribution < 1.29 is 27.5 Å². The van der Waals surface area contributed by atoms with E-state index in [-0.39, 0.29) is 17.6 Å². The summed E-state index contributed by atoms with van der Waals surface area (Å²) in [5.74, 6) is -0.0281. The minimum atomic E-state index is -4.54. The van der Waals surface area contributed by atoms with Crippen molar-refractivity contribution in [3.63, 3.8) is 0 Å². The maximum absolute atomic E-state index is 13.7. The van der Waals surface area contributed by atoms with Crippen molar-refractivity contribution in [1.82, 2.24) is 20.0 Å². The first kappa shape index (κ1) is 30.1. The van der Waals surface area contributed by atoms with Gasteiger partial charge in [-0.1, -0.05) is 30.3 Å². The zero-order valence-corrected chi connectivity index (χ0v) is 24.4. The van der Waals surface area contributed by atoms with Crippen molar-refractivity contribution in [2.24, 2.45) is 11.8 Å². The third-order valence-electron chi connectivity index (χ3n) is 9.68. The van der Waals surface area contributed by atoms with Crippen LogP contribution in [0.2, 0.25) is 0 Å². The van der Waals surface area contributed by atoms with E-state index in [0.717, 1.165) is 76.9 Å². The standard InChI is InChI=1S/C31H45F3N4O3/c1-22(2)38-29(40)37(20-23-11-15-41-16-12-23)21-30(38)17-25-9-6-13-36(27(25)18-30)14-10-26(24-7-4-3-5-8-24)35-28(39)19-31(32,33)34/h3-5,7-8,22-23,25-27H,6,9-21H2,1-2H3,(H,35,39)/t25?,26-,27?,30?/m0/s1. The fraction of sp³-hybridized carbons (Fsp3) is 0.742. The lowest BCUT2D eigenvalue weighted by Crippen LogP contribution is -2.50. The third-order valence-corrected chi connectivity index (χ3v) is 9.68. The van der Waals surface area contributed by atoms with Crippen LogP contribution in [0, 0.1) is 11.8 Å². The van der Waals surface area contributed by atoms with E-state index in [1.807, 2.05) is 30.3 Å². The number of halogens is 3. The van der Waals surface area contributed by atoms with E-state index in [9.17, 15) is 22.8 Å². The molecule has 3 amide bonds. The van der Waals surface area contributed by atoms with Gasteiger partial charge in [0.2, 0.25) is 5.91 Å². The molecule has 41 heavy (non-hydrogen) atoms. The number of nitrogens with zero attached hydrogens (tertiary/aromatic N) is 3. The van der Waals surface area contributed by atoms with Gasteiger partial charge in [-0.05, 0) is 82.7 Å². The van der Waals surface area contributed by atoms with Crippen molar-refractivity contribution in [3.8, 4) is 0 Å². The van der Waals surface area contributed by atoms with E-state index < -0.39 is 24.5 Å². The van der Waals surface area contributed by atoms with Crippen LogP contribution >= 0.6 is 0 Å². The molecule has 3 saturated heterocycles. The number of fused-ring (bicyclic) bond motifs is 1. The molecule has 5 rings (SSSR count). The molecule has 0 radical (unpaired) electrons. The fourth-order valence-electron chi connectivity index (χ4n) is 8.05. The Morgan fingerprint density at radius 1 is 1.12 bits per heavy atom. The van der Waals surface area contributed by atoms with Gasteiger partial charge in [-0.2, -0.15) is 13.2 Å². The van der Waals surface area contributed by atoms with Crippen molar-refractivity contribution in [2.75, 3.05) is 39.4 Å². The molecular formula is C31H45F3N4O3. The number of urea groups is 1. The molecule has 3 unspecified atom stereocenters. The monoisotopic (exact) mass is 578 g/mol. The van der Waals surface area contributed by atoms with Crippen LogP contribution in [0.15, 0.2) is 30.3 Å². The van der Waals surface area contributed by atoms with E-state index >= 15 is 0 Å². The molecule has 3 heterocycles. The second-order valence-corrected chi connectivity index (χ2v) is 12.9. The van der Waals surface area contributed by atoms with Gasteiger partial charge in [0.15, 0.2) is 0 Å².